The number of benzene rings is 3. The molecule has 0 heterocycles. The van der Waals surface area contributed by atoms with E-state index in [1.54, 1.807) is 12.1 Å². The van der Waals surface area contributed by atoms with Crippen LogP contribution < -0.4 is 10.6 Å². The number of rotatable bonds is 5. The highest BCUT2D eigenvalue weighted by atomic mass is 16.6. The Morgan fingerprint density at radius 2 is 1.26 bits per heavy atom. The molecule has 8 heteroatoms. The smallest absolute Gasteiger partial charge is 0.414 e. The van der Waals surface area contributed by atoms with E-state index in [0.29, 0.717) is 5.69 Å². The highest BCUT2D eigenvalue weighted by molar-refractivity contribution is 6.02. The number of hydrogen-bond donors (Lipinski definition) is 3. The van der Waals surface area contributed by atoms with Gasteiger partial charge in [0.05, 0.1) is 5.69 Å². The third-order valence-electron chi connectivity index (χ3n) is 3.94. The topological polar surface area (TPSA) is 109 Å². The molecule has 0 saturated carbocycles. The number of nitrogens with zero attached hydrogens (tertiary/aromatic N) is 1. The molecule has 0 aliphatic carbocycles. The van der Waals surface area contributed by atoms with Gasteiger partial charge in [-0.1, -0.05) is 66.7 Å². The average molecular weight is 419 g/mol. The first-order chi connectivity index (χ1) is 15.1. The molecule has 3 N–H and O–H groups in total. The molecule has 0 aromatic heterocycles. The van der Waals surface area contributed by atoms with Crippen molar-refractivity contribution < 1.29 is 24.2 Å². The predicted molar refractivity (Wildman–Crippen MR) is 115 cm³/mol. The average Bonchev–Trinajstić information content (AvgIpc) is 2.78. The van der Waals surface area contributed by atoms with Crippen LogP contribution in [0.2, 0.25) is 0 Å². The van der Waals surface area contributed by atoms with Crippen LogP contribution in [-0.2, 0) is 22.7 Å². The lowest BCUT2D eigenvalue weighted by Crippen LogP contribution is -2.44. The lowest BCUT2D eigenvalue weighted by molar-refractivity contribution is 0.141. The normalized spacial score (nSPS) is 9.94. The van der Waals surface area contributed by atoms with Crippen LogP contribution >= 0.6 is 0 Å². The third kappa shape index (κ3) is 7.54. The van der Waals surface area contributed by atoms with Gasteiger partial charge >= 0.3 is 12.2 Å². The Labute approximate surface area is 179 Å². The molecule has 31 heavy (non-hydrogen) atoms. The highest BCUT2D eigenvalue weighted by Gasteiger charge is 2.13. The molecule has 8 nitrogen and oxygen atoms in total. The Morgan fingerprint density at radius 3 is 1.74 bits per heavy atom. The lowest BCUT2D eigenvalue weighted by Gasteiger charge is -2.12. The predicted octanol–water partition coefficient (Wildman–Crippen LogP) is 4.23. The van der Waals surface area contributed by atoms with Crippen molar-refractivity contribution in [2.45, 2.75) is 13.2 Å². The number of aliphatic imine (C=N–C) groups is 1. The highest BCUT2D eigenvalue weighted by Crippen LogP contribution is 2.18. The number of carbonyl (C=O) groups is 2. The van der Waals surface area contributed by atoms with E-state index in [4.69, 9.17) is 9.47 Å². The van der Waals surface area contributed by atoms with E-state index in [2.05, 4.69) is 15.6 Å². The minimum atomic E-state index is -0.814. The molecule has 0 unspecified atom stereocenters. The minimum Gasteiger partial charge on any atom is -0.508 e. The first-order valence-corrected chi connectivity index (χ1v) is 9.41. The summed E-state index contributed by atoms with van der Waals surface area (Å²) in [6, 6.07) is 24.3. The molecule has 0 radical (unpaired) electrons. The molecule has 0 aliphatic rings. The second-order valence-corrected chi connectivity index (χ2v) is 6.35. The summed E-state index contributed by atoms with van der Waals surface area (Å²) in [7, 11) is 0. The maximum Gasteiger partial charge on any atom is 0.414 e. The summed E-state index contributed by atoms with van der Waals surface area (Å²) in [4.78, 5) is 28.5. The number of ether oxygens (including phenoxy) is 2. The van der Waals surface area contributed by atoms with E-state index in [0.717, 1.165) is 11.1 Å². The van der Waals surface area contributed by atoms with Crippen LogP contribution in [0.15, 0.2) is 89.9 Å². The molecule has 0 bridgehead atoms. The molecule has 0 spiro atoms. The molecule has 3 aromatic carbocycles. The van der Waals surface area contributed by atoms with E-state index < -0.39 is 12.2 Å². The molecule has 0 saturated heterocycles. The number of phenolic OH excluding ortho intramolecular Hbond substituents is 1. The maximum absolute atomic E-state index is 12.2. The van der Waals surface area contributed by atoms with Crippen molar-refractivity contribution in [1.29, 1.82) is 0 Å². The Kier molecular flexibility index (Phi) is 7.59. The van der Waals surface area contributed by atoms with Crippen molar-refractivity contribution in [2.75, 3.05) is 0 Å². The van der Waals surface area contributed by atoms with Gasteiger partial charge in [-0.2, -0.15) is 0 Å². The zero-order valence-corrected chi connectivity index (χ0v) is 16.5. The second kappa shape index (κ2) is 11.0. The van der Waals surface area contributed by atoms with Crippen molar-refractivity contribution in [1.82, 2.24) is 10.6 Å². The summed E-state index contributed by atoms with van der Waals surface area (Å²) < 4.78 is 10.3. The van der Waals surface area contributed by atoms with Crippen LogP contribution in [0.3, 0.4) is 0 Å². The van der Waals surface area contributed by atoms with Gasteiger partial charge in [0.1, 0.15) is 19.0 Å². The van der Waals surface area contributed by atoms with E-state index in [9.17, 15) is 14.7 Å². The second-order valence-electron chi connectivity index (χ2n) is 6.35. The number of phenols is 1. The van der Waals surface area contributed by atoms with E-state index in [1.165, 1.54) is 12.1 Å². The molecule has 3 aromatic rings. The van der Waals surface area contributed by atoms with Crippen molar-refractivity contribution >= 4 is 23.8 Å². The summed E-state index contributed by atoms with van der Waals surface area (Å²) in [6.07, 6.45) is -1.63. The third-order valence-corrected chi connectivity index (χ3v) is 3.94. The fourth-order valence-electron chi connectivity index (χ4n) is 2.49. The van der Waals surface area contributed by atoms with Crippen LogP contribution in [0.1, 0.15) is 11.1 Å². The van der Waals surface area contributed by atoms with Crippen LogP contribution in [-0.4, -0.2) is 23.3 Å². The minimum absolute atomic E-state index is 0.0149. The molecule has 0 fully saturated rings. The van der Waals surface area contributed by atoms with Crippen molar-refractivity contribution in [3.05, 3.63) is 96.1 Å². The van der Waals surface area contributed by atoms with Crippen molar-refractivity contribution in [3.8, 4) is 5.75 Å². The summed E-state index contributed by atoms with van der Waals surface area (Å²) in [5.74, 6) is -0.222. The summed E-state index contributed by atoms with van der Waals surface area (Å²) in [5, 5.41) is 14.4. The number of guanidine groups is 1. The SMILES string of the molecule is O=C(NC(=Nc1cccc(O)c1)NC(=O)OCc1ccccc1)OCc1ccccc1. The number of amides is 2. The number of carbonyl (C=O) groups excluding carboxylic acids is 2. The molecule has 158 valence electrons. The van der Waals surface area contributed by atoms with Gasteiger partial charge in [0.2, 0.25) is 5.96 Å². The van der Waals surface area contributed by atoms with Crippen LogP contribution in [0, 0.1) is 0 Å². The molecular formula is C23H21N3O5. The Balaban J connectivity index is 1.64. The number of nitrogens with one attached hydrogen (secondary N) is 2. The van der Waals surface area contributed by atoms with Gasteiger partial charge in [-0.15, -0.1) is 0 Å². The van der Waals surface area contributed by atoms with E-state index in [-0.39, 0.29) is 24.9 Å². The van der Waals surface area contributed by atoms with Crippen LogP contribution in [0.25, 0.3) is 0 Å². The Morgan fingerprint density at radius 1 is 0.742 bits per heavy atom. The summed E-state index contributed by atoms with van der Waals surface area (Å²) >= 11 is 0. The van der Waals surface area contributed by atoms with Crippen LogP contribution in [0.4, 0.5) is 15.3 Å². The fraction of sp³-hybridized carbons (Fsp3) is 0.0870. The van der Waals surface area contributed by atoms with Gasteiger partial charge in [-0.3, -0.25) is 10.6 Å². The quantitative estimate of drug-likeness (QED) is 0.423. The van der Waals surface area contributed by atoms with Gasteiger partial charge in [-0.05, 0) is 23.3 Å². The number of alkyl carbamates (subject to hydrolysis) is 2. The number of aromatic hydroxyl groups is 1. The monoisotopic (exact) mass is 419 g/mol. The van der Waals surface area contributed by atoms with E-state index >= 15 is 0 Å². The largest absolute Gasteiger partial charge is 0.508 e. The standard InChI is InChI=1S/C23H21N3O5/c27-20-13-7-12-19(14-20)24-21(25-22(28)30-15-17-8-3-1-4-9-17)26-23(29)31-16-18-10-5-2-6-11-18/h1-14,27H,15-16H2,(H2,24,25,26,28,29). The number of hydrogen-bond acceptors (Lipinski definition) is 6. The zero-order chi connectivity index (χ0) is 21.9. The molecule has 2 amide bonds. The molecule has 3 rings (SSSR count). The first kappa shape index (κ1) is 21.4. The van der Waals surface area contributed by atoms with Gasteiger partial charge in [0.15, 0.2) is 0 Å². The first-order valence-electron chi connectivity index (χ1n) is 9.41. The van der Waals surface area contributed by atoms with Gasteiger partial charge in [0.25, 0.3) is 0 Å². The van der Waals surface area contributed by atoms with Gasteiger partial charge in [-0.25, -0.2) is 14.6 Å². The Hall–Kier alpha value is -4.33. The van der Waals surface area contributed by atoms with Gasteiger partial charge < -0.3 is 14.6 Å². The molecule has 0 aliphatic heterocycles. The summed E-state index contributed by atoms with van der Waals surface area (Å²) in [6.45, 7) is 0.0923. The lowest BCUT2D eigenvalue weighted by atomic mass is 10.2. The zero-order valence-electron chi connectivity index (χ0n) is 16.5. The van der Waals surface area contributed by atoms with E-state index in [1.807, 2.05) is 60.7 Å². The summed E-state index contributed by atoms with van der Waals surface area (Å²) in [5.41, 5.74) is 1.92. The van der Waals surface area contributed by atoms with Crippen LogP contribution in [0.5, 0.6) is 5.75 Å². The maximum atomic E-state index is 12.2. The van der Waals surface area contributed by atoms with Crippen molar-refractivity contribution in [3.63, 3.8) is 0 Å². The Bertz CT molecular complexity index is 980. The van der Waals surface area contributed by atoms with Gasteiger partial charge in [0, 0.05) is 6.07 Å². The molecule has 0 atom stereocenters. The van der Waals surface area contributed by atoms with Crippen molar-refractivity contribution in [2.24, 2.45) is 4.99 Å². The fourth-order valence-corrected chi connectivity index (χ4v) is 2.49. The molecular weight excluding hydrogens is 398 g/mol.